The first kappa shape index (κ1) is 17.9. The highest BCUT2D eigenvalue weighted by molar-refractivity contribution is 5.80. The summed E-state index contributed by atoms with van der Waals surface area (Å²) >= 11 is 0. The van der Waals surface area contributed by atoms with Crippen LogP contribution in [0.1, 0.15) is 5.56 Å². The molecule has 0 aliphatic rings. The molecule has 0 atom stereocenters. The molecule has 22 heavy (non-hydrogen) atoms. The Bertz CT molecular complexity index is 505. The fourth-order valence-corrected chi connectivity index (χ4v) is 1.19. The van der Waals surface area contributed by atoms with Gasteiger partial charge in [0.25, 0.3) is 0 Å². The predicted molar refractivity (Wildman–Crippen MR) is 59.3 cm³/mol. The Balaban J connectivity index is 2.82. The maximum atomic E-state index is 12.2. The number of nitrogens with zero attached hydrogens (tertiary/aromatic N) is 1. The van der Waals surface area contributed by atoms with E-state index < -0.39 is 37.5 Å². The molecular weight excluding hydrogens is 327 g/mol. The average molecular weight is 335 g/mol. The van der Waals surface area contributed by atoms with Gasteiger partial charge < -0.3 is 14.3 Å². The monoisotopic (exact) mass is 335 g/mol. The second-order valence-electron chi connectivity index (χ2n) is 3.59. The molecule has 0 fully saturated rings. The number of benzene rings is 1. The number of rotatable bonds is 7. The second kappa shape index (κ2) is 7.71. The topological polar surface area (TPSA) is 40.0 Å². The third-order valence-corrected chi connectivity index (χ3v) is 1.90. The van der Waals surface area contributed by atoms with Crippen molar-refractivity contribution in [1.82, 2.24) is 0 Å². The Morgan fingerprint density at radius 1 is 1.00 bits per heavy atom. The molecule has 11 heteroatoms. The number of oxime groups is 1. The average Bonchev–Trinajstić information content (AvgIpc) is 2.35. The maximum absolute atomic E-state index is 12.2. The lowest BCUT2D eigenvalue weighted by atomic mass is 10.2. The Morgan fingerprint density at radius 3 is 2.14 bits per heavy atom. The normalized spacial score (nSPS) is 12.2. The van der Waals surface area contributed by atoms with Gasteiger partial charge in [-0.1, -0.05) is 5.16 Å². The molecule has 0 spiro atoms. The Hall–Kier alpha value is -2.20. The second-order valence-corrected chi connectivity index (χ2v) is 3.59. The largest absolute Gasteiger partial charge is 0.431 e. The smallest absolute Gasteiger partial charge is 0.425 e. The first-order valence-corrected chi connectivity index (χ1v) is 5.43. The van der Waals surface area contributed by atoms with Gasteiger partial charge in [-0.05, 0) is 18.2 Å². The Labute approximate surface area is 119 Å². The molecule has 1 aromatic carbocycles. The number of alkyl halides is 7. The van der Waals surface area contributed by atoms with E-state index in [1.165, 1.54) is 0 Å². The van der Waals surface area contributed by atoms with E-state index in [-0.39, 0.29) is 5.56 Å². The van der Waals surface area contributed by atoms with E-state index in [2.05, 4.69) is 19.5 Å². The zero-order chi connectivity index (χ0) is 16.8. The van der Waals surface area contributed by atoms with E-state index in [0.717, 1.165) is 24.4 Å². The predicted octanol–water partition coefficient (Wildman–Crippen LogP) is 3.80. The van der Waals surface area contributed by atoms with E-state index in [1.807, 2.05) is 0 Å². The molecular formula is C11H8F7NO3. The fraction of sp³-hybridized carbons (Fsp3) is 0.364. The lowest BCUT2D eigenvalue weighted by Crippen LogP contribution is -2.14. The minimum atomic E-state index is -4.59. The van der Waals surface area contributed by atoms with Crippen molar-refractivity contribution in [2.75, 3.05) is 6.61 Å². The molecule has 1 rings (SSSR count). The zero-order valence-corrected chi connectivity index (χ0v) is 10.5. The highest BCUT2D eigenvalue weighted by atomic mass is 19.4. The Morgan fingerprint density at radius 2 is 1.59 bits per heavy atom. The molecule has 0 unspecified atom stereocenters. The third-order valence-electron chi connectivity index (χ3n) is 1.90. The van der Waals surface area contributed by atoms with E-state index >= 15 is 0 Å². The molecule has 0 amide bonds. The molecule has 0 aromatic heterocycles. The van der Waals surface area contributed by atoms with Crippen LogP contribution < -0.4 is 9.47 Å². The highest BCUT2D eigenvalue weighted by Gasteiger charge is 2.28. The molecule has 0 radical (unpaired) electrons. The summed E-state index contributed by atoms with van der Waals surface area (Å²) in [5, 5.41) is 2.96. The van der Waals surface area contributed by atoms with Gasteiger partial charge in [0.1, 0.15) is 0 Å². The summed E-state index contributed by atoms with van der Waals surface area (Å²) in [6, 6.07) is 2.77. The van der Waals surface area contributed by atoms with Gasteiger partial charge in [-0.2, -0.15) is 30.7 Å². The van der Waals surface area contributed by atoms with Crippen LogP contribution in [0, 0.1) is 0 Å². The quantitative estimate of drug-likeness (QED) is 0.432. The SMILES string of the molecule is FC(F)Oc1ccc(C=NOCC(F)(F)F)cc1OC(F)F. The maximum Gasteiger partial charge on any atom is 0.425 e. The summed E-state index contributed by atoms with van der Waals surface area (Å²) in [6.45, 7) is -8.22. The molecule has 0 saturated carbocycles. The fourth-order valence-electron chi connectivity index (χ4n) is 1.19. The van der Waals surface area contributed by atoms with Gasteiger partial charge in [0.05, 0.1) is 6.21 Å². The van der Waals surface area contributed by atoms with Gasteiger partial charge in [0.2, 0.25) is 6.61 Å². The van der Waals surface area contributed by atoms with Crippen LogP contribution >= 0.6 is 0 Å². The van der Waals surface area contributed by atoms with Crippen LogP contribution in [0.3, 0.4) is 0 Å². The van der Waals surface area contributed by atoms with Crippen LogP contribution in [0.5, 0.6) is 11.5 Å². The van der Waals surface area contributed by atoms with Crippen LogP contribution in [0.15, 0.2) is 23.4 Å². The first-order valence-electron chi connectivity index (χ1n) is 5.43. The standard InChI is InChI=1S/C11H8F7NO3/c12-9(13)21-7-2-1-6(3-8(7)22-10(14)15)4-19-20-5-11(16,17)18/h1-4,9-10H,5H2. The van der Waals surface area contributed by atoms with Crippen molar-refractivity contribution in [1.29, 1.82) is 0 Å². The third kappa shape index (κ3) is 6.99. The van der Waals surface area contributed by atoms with Gasteiger partial charge in [-0.3, -0.25) is 0 Å². The van der Waals surface area contributed by atoms with Crippen molar-refractivity contribution >= 4 is 6.21 Å². The van der Waals surface area contributed by atoms with Crippen LogP contribution in [0.25, 0.3) is 0 Å². The molecule has 4 nitrogen and oxygen atoms in total. The van der Waals surface area contributed by atoms with Crippen molar-refractivity contribution < 1.29 is 45.0 Å². The summed E-state index contributed by atoms with van der Waals surface area (Å²) in [7, 11) is 0. The van der Waals surface area contributed by atoms with Gasteiger partial charge in [-0.25, -0.2) is 0 Å². The number of hydrogen-bond donors (Lipinski definition) is 0. The molecule has 124 valence electrons. The van der Waals surface area contributed by atoms with Crippen molar-refractivity contribution in [3.8, 4) is 11.5 Å². The van der Waals surface area contributed by atoms with Gasteiger partial charge >= 0.3 is 19.4 Å². The van der Waals surface area contributed by atoms with Crippen molar-refractivity contribution in [2.45, 2.75) is 19.4 Å². The molecule has 0 heterocycles. The molecule has 1 aromatic rings. The molecule has 0 N–H and O–H groups in total. The number of ether oxygens (including phenoxy) is 2. The summed E-state index contributed by atoms with van der Waals surface area (Å²) in [5.41, 5.74) is -0.0283. The van der Waals surface area contributed by atoms with Crippen LogP contribution in [0.2, 0.25) is 0 Å². The number of halogens is 7. The summed E-state index contributed by atoms with van der Waals surface area (Å²) < 4.78 is 91.7. The number of hydrogen-bond acceptors (Lipinski definition) is 4. The molecule has 0 bridgehead atoms. The van der Waals surface area contributed by atoms with E-state index in [1.54, 1.807) is 0 Å². The van der Waals surface area contributed by atoms with Gasteiger partial charge in [-0.15, -0.1) is 0 Å². The Kier molecular flexibility index (Phi) is 6.25. The minimum Gasteiger partial charge on any atom is -0.431 e. The molecule has 0 saturated heterocycles. The van der Waals surface area contributed by atoms with Crippen molar-refractivity contribution in [3.63, 3.8) is 0 Å². The first-order chi connectivity index (χ1) is 10.2. The lowest BCUT2D eigenvalue weighted by Gasteiger charge is -2.11. The van der Waals surface area contributed by atoms with E-state index in [0.29, 0.717) is 0 Å². The minimum absolute atomic E-state index is 0.0283. The zero-order valence-electron chi connectivity index (χ0n) is 10.5. The summed E-state index contributed by atoms with van der Waals surface area (Å²) in [4.78, 5) is 3.92. The summed E-state index contributed by atoms with van der Waals surface area (Å²) in [6.07, 6.45) is -3.83. The molecule has 0 aliphatic heterocycles. The molecule has 0 aliphatic carbocycles. The van der Waals surface area contributed by atoms with Crippen LogP contribution in [0.4, 0.5) is 30.7 Å². The summed E-state index contributed by atoms with van der Waals surface area (Å²) in [5.74, 6) is -1.39. The van der Waals surface area contributed by atoms with E-state index in [9.17, 15) is 30.7 Å². The van der Waals surface area contributed by atoms with Crippen LogP contribution in [-0.4, -0.2) is 32.2 Å². The highest BCUT2D eigenvalue weighted by Crippen LogP contribution is 2.30. The van der Waals surface area contributed by atoms with Gasteiger partial charge in [0, 0.05) is 5.56 Å². The van der Waals surface area contributed by atoms with Crippen molar-refractivity contribution in [2.24, 2.45) is 5.16 Å². The van der Waals surface area contributed by atoms with E-state index in [4.69, 9.17) is 0 Å². The van der Waals surface area contributed by atoms with Crippen molar-refractivity contribution in [3.05, 3.63) is 23.8 Å². The van der Waals surface area contributed by atoms with Gasteiger partial charge in [0.15, 0.2) is 11.5 Å². The lowest BCUT2D eigenvalue weighted by molar-refractivity contribution is -0.173. The van der Waals surface area contributed by atoms with Crippen LogP contribution in [-0.2, 0) is 4.84 Å².